The fourth-order valence-electron chi connectivity index (χ4n) is 3.96. The van der Waals surface area contributed by atoms with E-state index in [2.05, 4.69) is 67.3 Å². The van der Waals surface area contributed by atoms with E-state index in [1.54, 1.807) is 0 Å². The Hall–Kier alpha value is -0.0800. The predicted molar refractivity (Wildman–Crippen MR) is 74.4 cm³/mol. The highest BCUT2D eigenvalue weighted by molar-refractivity contribution is 5.00. The van der Waals surface area contributed by atoms with Gasteiger partial charge in [0.2, 0.25) is 0 Å². The van der Waals surface area contributed by atoms with Gasteiger partial charge >= 0.3 is 0 Å². The Morgan fingerprint density at radius 2 is 1.00 bits per heavy atom. The van der Waals surface area contributed by atoms with E-state index in [4.69, 9.17) is 4.74 Å². The molecule has 0 bridgehead atoms. The minimum Gasteiger partial charge on any atom is -0.370 e. The lowest BCUT2D eigenvalue weighted by atomic mass is 9.78. The zero-order chi connectivity index (χ0) is 13.7. The SMILES string of the molecule is CN1C(C)(C)CC(C)(C)OC(C)(C)CC1(C)C. The second-order valence-electron chi connectivity index (χ2n) is 8.16. The smallest absolute Gasteiger partial charge is 0.0651 e. The van der Waals surface area contributed by atoms with Gasteiger partial charge in [0.25, 0.3) is 0 Å². The van der Waals surface area contributed by atoms with Crippen LogP contribution in [-0.4, -0.2) is 34.2 Å². The maximum Gasteiger partial charge on any atom is 0.0651 e. The van der Waals surface area contributed by atoms with Gasteiger partial charge in [-0.15, -0.1) is 0 Å². The topological polar surface area (TPSA) is 12.5 Å². The second kappa shape index (κ2) is 3.96. The van der Waals surface area contributed by atoms with E-state index in [1.165, 1.54) is 0 Å². The molecule has 102 valence electrons. The van der Waals surface area contributed by atoms with Crippen molar-refractivity contribution >= 4 is 0 Å². The first-order valence-corrected chi connectivity index (χ1v) is 6.72. The maximum absolute atomic E-state index is 6.36. The van der Waals surface area contributed by atoms with Crippen LogP contribution in [0.1, 0.15) is 68.2 Å². The lowest BCUT2D eigenvalue weighted by Crippen LogP contribution is -2.61. The van der Waals surface area contributed by atoms with Crippen LogP contribution in [0.4, 0.5) is 0 Å². The normalized spacial score (nSPS) is 31.6. The Labute approximate surface area is 108 Å². The van der Waals surface area contributed by atoms with Crippen LogP contribution >= 0.6 is 0 Å². The number of rotatable bonds is 0. The molecule has 0 atom stereocenters. The number of hydrogen-bond acceptors (Lipinski definition) is 2. The van der Waals surface area contributed by atoms with Crippen LogP contribution in [-0.2, 0) is 4.74 Å². The van der Waals surface area contributed by atoms with E-state index in [0.29, 0.717) is 0 Å². The molecule has 0 unspecified atom stereocenters. The highest BCUT2D eigenvalue weighted by atomic mass is 16.5. The number of nitrogens with zero attached hydrogens (tertiary/aromatic N) is 1. The fourth-order valence-corrected chi connectivity index (χ4v) is 3.96. The zero-order valence-corrected chi connectivity index (χ0v) is 13.3. The first-order chi connectivity index (χ1) is 7.28. The van der Waals surface area contributed by atoms with Gasteiger partial charge in [-0.3, -0.25) is 4.90 Å². The summed E-state index contributed by atoms with van der Waals surface area (Å²) < 4.78 is 6.36. The van der Waals surface area contributed by atoms with Crippen LogP contribution in [0.3, 0.4) is 0 Å². The average Bonchev–Trinajstić information content (AvgIpc) is 1.93. The summed E-state index contributed by atoms with van der Waals surface area (Å²) in [5, 5.41) is 0. The summed E-state index contributed by atoms with van der Waals surface area (Å²) in [6.45, 7) is 18.1. The molecule has 0 radical (unpaired) electrons. The van der Waals surface area contributed by atoms with Crippen LogP contribution in [0.2, 0.25) is 0 Å². The monoisotopic (exact) mass is 241 g/mol. The van der Waals surface area contributed by atoms with Gasteiger partial charge < -0.3 is 4.74 Å². The molecule has 0 saturated carbocycles. The molecule has 2 heteroatoms. The molecule has 17 heavy (non-hydrogen) atoms. The fraction of sp³-hybridized carbons (Fsp3) is 1.00. The summed E-state index contributed by atoms with van der Waals surface area (Å²) in [6, 6.07) is 0. The summed E-state index contributed by atoms with van der Waals surface area (Å²) in [5.41, 5.74) is 0.169. The molecule has 0 aromatic rings. The van der Waals surface area contributed by atoms with E-state index in [9.17, 15) is 0 Å². The summed E-state index contributed by atoms with van der Waals surface area (Å²) in [7, 11) is 2.25. The second-order valence-corrected chi connectivity index (χ2v) is 8.16. The molecule has 0 aliphatic carbocycles. The Bertz CT molecular complexity index is 261. The maximum atomic E-state index is 6.36. The Morgan fingerprint density at radius 1 is 0.706 bits per heavy atom. The van der Waals surface area contributed by atoms with E-state index < -0.39 is 0 Å². The first-order valence-electron chi connectivity index (χ1n) is 6.72. The van der Waals surface area contributed by atoms with Crippen LogP contribution < -0.4 is 0 Å². The summed E-state index contributed by atoms with van der Waals surface area (Å²) >= 11 is 0. The number of hydrogen-bond donors (Lipinski definition) is 0. The minimum absolute atomic E-state index is 0.0717. The summed E-state index contributed by atoms with van der Waals surface area (Å²) in [5.74, 6) is 0. The van der Waals surface area contributed by atoms with Gasteiger partial charge in [0.1, 0.15) is 0 Å². The Morgan fingerprint density at radius 3 is 1.29 bits per heavy atom. The van der Waals surface area contributed by atoms with Crippen molar-refractivity contribution in [1.82, 2.24) is 4.90 Å². The van der Waals surface area contributed by atoms with Gasteiger partial charge in [0.15, 0.2) is 0 Å². The molecule has 1 aliphatic heterocycles. The van der Waals surface area contributed by atoms with Crippen molar-refractivity contribution in [3.63, 3.8) is 0 Å². The van der Waals surface area contributed by atoms with E-state index in [-0.39, 0.29) is 22.3 Å². The van der Waals surface area contributed by atoms with E-state index in [0.717, 1.165) is 12.8 Å². The molecule has 2 nitrogen and oxygen atoms in total. The standard InChI is InChI=1S/C15H31NO/c1-12(2)10-14(5,6)17-15(7,8)11-13(3,4)16(12)9/h10-11H2,1-9H3. The molecule has 1 fully saturated rings. The molecule has 1 aliphatic rings. The van der Waals surface area contributed by atoms with Crippen LogP contribution in [0.5, 0.6) is 0 Å². The van der Waals surface area contributed by atoms with Crippen molar-refractivity contribution in [3.05, 3.63) is 0 Å². The van der Waals surface area contributed by atoms with E-state index in [1.807, 2.05) is 0 Å². The molecule has 1 heterocycles. The van der Waals surface area contributed by atoms with Crippen molar-refractivity contribution in [2.24, 2.45) is 0 Å². The third-order valence-corrected chi connectivity index (χ3v) is 4.09. The van der Waals surface area contributed by atoms with Gasteiger partial charge in [-0.2, -0.15) is 0 Å². The minimum atomic E-state index is -0.0717. The van der Waals surface area contributed by atoms with Gasteiger partial charge in [0.05, 0.1) is 11.2 Å². The third-order valence-electron chi connectivity index (χ3n) is 4.09. The summed E-state index contributed by atoms with van der Waals surface area (Å²) in [6.07, 6.45) is 2.09. The lowest BCUT2D eigenvalue weighted by Gasteiger charge is -2.55. The molecular formula is C15H31NO. The summed E-state index contributed by atoms with van der Waals surface area (Å²) in [4.78, 5) is 2.52. The predicted octanol–water partition coefficient (Wildman–Crippen LogP) is 3.84. The molecule has 0 amide bonds. The molecule has 0 aromatic heterocycles. The van der Waals surface area contributed by atoms with Crippen molar-refractivity contribution in [2.75, 3.05) is 7.05 Å². The highest BCUT2D eigenvalue weighted by Gasteiger charge is 2.46. The first kappa shape index (κ1) is 15.0. The average molecular weight is 241 g/mol. The van der Waals surface area contributed by atoms with Crippen LogP contribution in [0, 0.1) is 0 Å². The van der Waals surface area contributed by atoms with Crippen molar-refractivity contribution < 1.29 is 4.74 Å². The van der Waals surface area contributed by atoms with Crippen LogP contribution in [0.25, 0.3) is 0 Å². The van der Waals surface area contributed by atoms with Gasteiger partial charge in [0, 0.05) is 11.1 Å². The van der Waals surface area contributed by atoms with Crippen molar-refractivity contribution in [2.45, 2.75) is 90.5 Å². The quantitative estimate of drug-likeness (QED) is 0.639. The Balaban J connectivity index is 3.12. The largest absolute Gasteiger partial charge is 0.370 e. The molecule has 0 aromatic carbocycles. The highest BCUT2D eigenvalue weighted by Crippen LogP contribution is 2.41. The number of ether oxygens (including phenoxy) is 1. The zero-order valence-electron chi connectivity index (χ0n) is 13.3. The van der Waals surface area contributed by atoms with E-state index >= 15 is 0 Å². The lowest BCUT2D eigenvalue weighted by molar-refractivity contribution is -0.183. The molecular weight excluding hydrogens is 210 g/mol. The van der Waals surface area contributed by atoms with Gasteiger partial charge in [-0.1, -0.05) is 0 Å². The van der Waals surface area contributed by atoms with Crippen LogP contribution in [0.15, 0.2) is 0 Å². The molecule has 0 spiro atoms. The van der Waals surface area contributed by atoms with Gasteiger partial charge in [-0.05, 0) is 75.3 Å². The molecule has 1 rings (SSSR count). The third kappa shape index (κ3) is 3.45. The van der Waals surface area contributed by atoms with Gasteiger partial charge in [-0.25, -0.2) is 0 Å². The van der Waals surface area contributed by atoms with Crippen molar-refractivity contribution in [1.29, 1.82) is 0 Å². The molecule has 0 N–H and O–H groups in total. The Kier molecular flexibility index (Phi) is 3.49. The molecule has 1 saturated heterocycles. The van der Waals surface area contributed by atoms with Crippen molar-refractivity contribution in [3.8, 4) is 0 Å².